The van der Waals surface area contributed by atoms with E-state index in [1.165, 1.54) is 5.56 Å². The summed E-state index contributed by atoms with van der Waals surface area (Å²) in [6, 6.07) is 6.06. The van der Waals surface area contributed by atoms with E-state index in [0.29, 0.717) is 12.2 Å². The third-order valence-corrected chi connectivity index (χ3v) is 4.00. The van der Waals surface area contributed by atoms with Gasteiger partial charge in [-0.2, -0.15) is 0 Å². The molecule has 0 radical (unpaired) electrons. The van der Waals surface area contributed by atoms with Crippen LogP contribution in [0.3, 0.4) is 0 Å². The average molecular weight is 196 g/mol. The molecule has 1 aromatic rings. The highest BCUT2D eigenvalue weighted by molar-refractivity contribution is 7.90. The molecule has 0 unspecified atom stereocenters. The van der Waals surface area contributed by atoms with Crippen LogP contribution in [-0.2, 0) is 22.0 Å². The molecule has 0 aromatic heterocycles. The topological polar surface area (TPSA) is 34.1 Å². The van der Waals surface area contributed by atoms with Crippen LogP contribution in [-0.4, -0.2) is 14.2 Å². The van der Waals surface area contributed by atoms with Crippen molar-refractivity contribution >= 4 is 9.84 Å². The minimum Gasteiger partial charge on any atom is -0.228 e. The smallest absolute Gasteiger partial charge is 0.154 e. The largest absolute Gasteiger partial charge is 0.228 e. The zero-order valence-corrected chi connectivity index (χ0v) is 8.39. The number of hydrogen-bond donors (Lipinski definition) is 0. The SMILES string of the molecule is Cc1ccc2c(c1)CS(=O)(=O)CC2. The van der Waals surface area contributed by atoms with Crippen LogP contribution in [0.5, 0.6) is 0 Å². The van der Waals surface area contributed by atoms with Gasteiger partial charge < -0.3 is 0 Å². The second-order valence-electron chi connectivity index (χ2n) is 3.61. The molecular weight excluding hydrogens is 184 g/mol. The van der Waals surface area contributed by atoms with Gasteiger partial charge in [-0.3, -0.25) is 0 Å². The number of aryl methyl sites for hydroxylation is 2. The lowest BCUT2D eigenvalue weighted by Gasteiger charge is -2.16. The van der Waals surface area contributed by atoms with Crippen molar-refractivity contribution in [3.05, 3.63) is 34.9 Å². The van der Waals surface area contributed by atoms with Crippen LogP contribution >= 0.6 is 0 Å². The van der Waals surface area contributed by atoms with Crippen molar-refractivity contribution in [1.82, 2.24) is 0 Å². The number of hydrogen-bond acceptors (Lipinski definition) is 2. The van der Waals surface area contributed by atoms with E-state index in [0.717, 1.165) is 11.1 Å². The average Bonchev–Trinajstić information content (AvgIpc) is 2.01. The summed E-state index contributed by atoms with van der Waals surface area (Å²) in [5.41, 5.74) is 3.32. The Kier molecular flexibility index (Phi) is 1.91. The molecular formula is C10H12O2S. The molecule has 1 aliphatic rings. The Balaban J connectivity index is 2.50. The monoisotopic (exact) mass is 196 g/mol. The maximum atomic E-state index is 11.3. The summed E-state index contributed by atoms with van der Waals surface area (Å²) < 4.78 is 22.6. The Morgan fingerprint density at radius 1 is 1.23 bits per heavy atom. The van der Waals surface area contributed by atoms with Gasteiger partial charge in [0.15, 0.2) is 9.84 Å². The molecule has 2 rings (SSSR count). The quantitative estimate of drug-likeness (QED) is 0.629. The van der Waals surface area contributed by atoms with E-state index in [4.69, 9.17) is 0 Å². The first-order valence-corrected chi connectivity index (χ1v) is 6.18. The zero-order valence-electron chi connectivity index (χ0n) is 7.58. The molecule has 70 valence electrons. The lowest BCUT2D eigenvalue weighted by molar-refractivity contribution is 0.591. The predicted molar refractivity (Wildman–Crippen MR) is 52.4 cm³/mol. The third kappa shape index (κ3) is 1.75. The molecule has 0 amide bonds. The van der Waals surface area contributed by atoms with Crippen molar-refractivity contribution in [1.29, 1.82) is 0 Å². The molecule has 0 atom stereocenters. The molecule has 0 fully saturated rings. The van der Waals surface area contributed by atoms with Crippen molar-refractivity contribution in [2.75, 3.05) is 5.75 Å². The van der Waals surface area contributed by atoms with Gasteiger partial charge >= 0.3 is 0 Å². The minimum absolute atomic E-state index is 0.226. The lowest BCUT2D eigenvalue weighted by atomic mass is 10.0. The standard InChI is InChI=1S/C10H12O2S/c1-8-2-3-9-4-5-13(11,12)7-10(9)6-8/h2-3,6H,4-5,7H2,1H3. The molecule has 2 nitrogen and oxygen atoms in total. The molecule has 1 aromatic carbocycles. The van der Waals surface area contributed by atoms with Crippen LogP contribution in [0.1, 0.15) is 16.7 Å². The summed E-state index contributed by atoms with van der Waals surface area (Å²) >= 11 is 0. The number of benzene rings is 1. The van der Waals surface area contributed by atoms with Gasteiger partial charge in [-0.15, -0.1) is 0 Å². The van der Waals surface area contributed by atoms with E-state index in [1.54, 1.807) is 0 Å². The Hall–Kier alpha value is -0.830. The Morgan fingerprint density at radius 3 is 2.77 bits per heavy atom. The molecule has 0 aliphatic carbocycles. The van der Waals surface area contributed by atoms with Crippen molar-refractivity contribution < 1.29 is 8.42 Å². The highest BCUT2D eigenvalue weighted by Gasteiger charge is 2.20. The fraction of sp³-hybridized carbons (Fsp3) is 0.400. The third-order valence-electron chi connectivity index (χ3n) is 2.42. The van der Waals surface area contributed by atoms with Gasteiger partial charge in [-0.1, -0.05) is 23.8 Å². The summed E-state index contributed by atoms with van der Waals surface area (Å²) in [5.74, 6) is 0.535. The highest BCUT2D eigenvalue weighted by atomic mass is 32.2. The summed E-state index contributed by atoms with van der Waals surface area (Å²) in [5, 5.41) is 0. The van der Waals surface area contributed by atoms with Crippen molar-refractivity contribution in [2.24, 2.45) is 0 Å². The van der Waals surface area contributed by atoms with Gasteiger partial charge in [0.2, 0.25) is 0 Å². The lowest BCUT2D eigenvalue weighted by Crippen LogP contribution is -2.18. The van der Waals surface area contributed by atoms with Gasteiger partial charge in [0.1, 0.15) is 0 Å². The molecule has 3 heteroatoms. The molecule has 13 heavy (non-hydrogen) atoms. The van der Waals surface area contributed by atoms with Crippen LogP contribution in [0, 0.1) is 6.92 Å². The Labute approximate surface area is 78.5 Å². The van der Waals surface area contributed by atoms with Gasteiger partial charge in [-0.05, 0) is 24.5 Å². The Morgan fingerprint density at radius 2 is 2.00 bits per heavy atom. The fourth-order valence-electron chi connectivity index (χ4n) is 1.71. The fourth-order valence-corrected chi connectivity index (χ4v) is 3.13. The molecule has 0 spiro atoms. The van der Waals surface area contributed by atoms with Crippen LogP contribution in [0.15, 0.2) is 18.2 Å². The van der Waals surface area contributed by atoms with E-state index in [9.17, 15) is 8.42 Å². The number of sulfone groups is 1. The zero-order chi connectivity index (χ0) is 9.47. The second-order valence-corrected chi connectivity index (χ2v) is 5.80. The summed E-state index contributed by atoms with van der Waals surface area (Å²) in [4.78, 5) is 0. The summed E-state index contributed by atoms with van der Waals surface area (Å²) in [6.07, 6.45) is 0.679. The van der Waals surface area contributed by atoms with Crippen LogP contribution in [0.4, 0.5) is 0 Å². The van der Waals surface area contributed by atoms with Crippen molar-refractivity contribution in [3.8, 4) is 0 Å². The first-order valence-electron chi connectivity index (χ1n) is 4.36. The van der Waals surface area contributed by atoms with Crippen molar-refractivity contribution in [2.45, 2.75) is 19.1 Å². The van der Waals surface area contributed by atoms with Gasteiger partial charge in [0.25, 0.3) is 0 Å². The van der Waals surface area contributed by atoms with E-state index in [-0.39, 0.29) is 5.75 Å². The van der Waals surface area contributed by atoms with Crippen molar-refractivity contribution in [3.63, 3.8) is 0 Å². The number of fused-ring (bicyclic) bond motifs is 1. The molecule has 0 saturated carbocycles. The van der Waals surface area contributed by atoms with Gasteiger partial charge in [0.05, 0.1) is 11.5 Å². The molecule has 1 heterocycles. The molecule has 0 saturated heterocycles. The maximum absolute atomic E-state index is 11.3. The van der Waals surface area contributed by atoms with E-state index >= 15 is 0 Å². The maximum Gasteiger partial charge on any atom is 0.154 e. The highest BCUT2D eigenvalue weighted by Crippen LogP contribution is 2.21. The number of rotatable bonds is 0. The first-order chi connectivity index (χ1) is 6.07. The summed E-state index contributed by atoms with van der Waals surface area (Å²) in [6.45, 7) is 1.99. The van der Waals surface area contributed by atoms with E-state index < -0.39 is 9.84 Å². The van der Waals surface area contributed by atoms with E-state index in [2.05, 4.69) is 0 Å². The van der Waals surface area contributed by atoms with E-state index in [1.807, 2.05) is 25.1 Å². The van der Waals surface area contributed by atoms with Crippen LogP contribution < -0.4 is 0 Å². The van der Waals surface area contributed by atoms with Crippen LogP contribution in [0.25, 0.3) is 0 Å². The summed E-state index contributed by atoms with van der Waals surface area (Å²) in [7, 11) is -2.81. The molecule has 1 aliphatic heterocycles. The minimum atomic E-state index is -2.81. The molecule has 0 N–H and O–H groups in total. The Bertz CT molecular complexity index is 432. The predicted octanol–water partition coefficient (Wildman–Crippen LogP) is 1.47. The normalized spacial score (nSPS) is 19.5. The second kappa shape index (κ2) is 2.84. The molecule has 0 bridgehead atoms. The van der Waals surface area contributed by atoms with Crippen LogP contribution in [0.2, 0.25) is 0 Å². The first kappa shape index (κ1) is 8.75. The van der Waals surface area contributed by atoms with Gasteiger partial charge in [0, 0.05) is 0 Å². The van der Waals surface area contributed by atoms with Gasteiger partial charge in [-0.25, -0.2) is 8.42 Å².